The molecule has 1 fully saturated rings. The minimum atomic E-state index is -0.169. The van der Waals surface area contributed by atoms with Gasteiger partial charge in [-0.1, -0.05) is 62.4 Å². The second-order valence-electron chi connectivity index (χ2n) is 8.16. The second kappa shape index (κ2) is 9.54. The van der Waals surface area contributed by atoms with E-state index in [2.05, 4.69) is 48.4 Å². The zero-order chi connectivity index (χ0) is 20.9. The van der Waals surface area contributed by atoms with Crippen LogP contribution in [0.2, 0.25) is 0 Å². The van der Waals surface area contributed by atoms with Crippen LogP contribution in [0.25, 0.3) is 21.0 Å². The van der Waals surface area contributed by atoms with E-state index in [1.54, 1.807) is 11.3 Å². The topological polar surface area (TPSA) is 51.2 Å². The predicted molar refractivity (Wildman–Crippen MR) is 123 cm³/mol. The van der Waals surface area contributed by atoms with E-state index in [4.69, 9.17) is 4.74 Å². The Hall–Kier alpha value is -2.50. The summed E-state index contributed by atoms with van der Waals surface area (Å²) in [5, 5.41) is 4.33. The number of carbonyl (C=O) groups is 1. The Morgan fingerprint density at radius 3 is 2.53 bits per heavy atom. The van der Waals surface area contributed by atoms with Crippen LogP contribution in [0.4, 0.5) is 0 Å². The summed E-state index contributed by atoms with van der Waals surface area (Å²) in [6, 6.07) is 17.1. The van der Waals surface area contributed by atoms with Gasteiger partial charge in [0.05, 0.1) is 11.3 Å². The van der Waals surface area contributed by atoms with Crippen LogP contribution in [0.15, 0.2) is 54.7 Å². The summed E-state index contributed by atoms with van der Waals surface area (Å²) in [6.07, 6.45) is 4.48. The fourth-order valence-corrected chi connectivity index (χ4v) is 4.58. The van der Waals surface area contributed by atoms with Crippen molar-refractivity contribution in [3.63, 3.8) is 0 Å². The number of hydrogen-bond acceptors (Lipinski definition) is 5. The highest BCUT2D eigenvalue weighted by molar-refractivity contribution is 7.18. The Morgan fingerprint density at radius 1 is 1.13 bits per heavy atom. The number of thiazole rings is 1. The average Bonchev–Trinajstić information content (AvgIpc) is 3.45. The normalized spacial score (nSPS) is 16.2. The molecule has 1 N–H and O–H groups in total. The molecule has 1 atom stereocenters. The first-order chi connectivity index (χ1) is 14.6. The summed E-state index contributed by atoms with van der Waals surface area (Å²) >= 11 is 1.69. The van der Waals surface area contributed by atoms with Crippen molar-refractivity contribution in [1.29, 1.82) is 0 Å². The van der Waals surface area contributed by atoms with Gasteiger partial charge in [-0.05, 0) is 42.0 Å². The van der Waals surface area contributed by atoms with Crippen LogP contribution >= 0.6 is 11.3 Å². The van der Waals surface area contributed by atoms with Crippen molar-refractivity contribution in [2.24, 2.45) is 0 Å². The van der Waals surface area contributed by atoms with E-state index in [-0.39, 0.29) is 5.97 Å². The average molecular weight is 421 g/mol. The molecular formula is C25H28N2O2S. The molecule has 1 saturated heterocycles. The molecule has 0 aliphatic carbocycles. The van der Waals surface area contributed by atoms with Crippen molar-refractivity contribution in [1.82, 2.24) is 10.3 Å². The van der Waals surface area contributed by atoms with E-state index in [0.29, 0.717) is 25.0 Å². The van der Waals surface area contributed by atoms with Crippen molar-refractivity contribution in [3.05, 3.63) is 65.9 Å². The molecular weight excluding hydrogens is 392 g/mol. The summed E-state index contributed by atoms with van der Waals surface area (Å²) < 4.78 is 5.41. The first-order valence-corrected chi connectivity index (χ1v) is 11.4. The Kier molecular flexibility index (Phi) is 6.60. The van der Waals surface area contributed by atoms with Gasteiger partial charge in [0.25, 0.3) is 0 Å². The number of aromatic nitrogens is 1. The lowest BCUT2D eigenvalue weighted by Gasteiger charge is -2.10. The lowest BCUT2D eigenvalue weighted by molar-refractivity contribution is -0.143. The molecule has 2 aromatic carbocycles. The smallest absolute Gasteiger partial charge is 0.310 e. The summed E-state index contributed by atoms with van der Waals surface area (Å²) in [5.74, 6) is 0.365. The molecule has 1 unspecified atom stereocenters. The molecule has 0 amide bonds. The van der Waals surface area contributed by atoms with Crippen LogP contribution in [-0.2, 0) is 16.0 Å². The maximum atomic E-state index is 12.1. The van der Waals surface area contributed by atoms with Gasteiger partial charge in [-0.25, -0.2) is 4.98 Å². The van der Waals surface area contributed by atoms with Gasteiger partial charge in [-0.3, -0.25) is 4.79 Å². The predicted octanol–water partition coefficient (Wildman–Crippen LogP) is 5.44. The third-order valence-corrected chi connectivity index (χ3v) is 6.62. The van der Waals surface area contributed by atoms with Gasteiger partial charge in [0.15, 0.2) is 0 Å². The largest absolute Gasteiger partial charge is 0.464 e. The van der Waals surface area contributed by atoms with Gasteiger partial charge >= 0.3 is 5.97 Å². The lowest BCUT2D eigenvalue weighted by Crippen LogP contribution is -2.28. The number of ether oxygens (including phenoxy) is 1. The summed E-state index contributed by atoms with van der Waals surface area (Å²) in [5.41, 5.74) is 4.57. The number of benzene rings is 2. The van der Waals surface area contributed by atoms with Crippen molar-refractivity contribution < 1.29 is 9.53 Å². The Bertz CT molecular complexity index is 971. The monoisotopic (exact) mass is 420 g/mol. The van der Waals surface area contributed by atoms with Crippen LogP contribution in [0.3, 0.4) is 0 Å². The number of rotatable bonds is 7. The van der Waals surface area contributed by atoms with E-state index in [1.807, 2.05) is 30.5 Å². The third-order valence-electron chi connectivity index (χ3n) is 5.52. The van der Waals surface area contributed by atoms with Gasteiger partial charge in [-0.2, -0.15) is 0 Å². The van der Waals surface area contributed by atoms with Crippen molar-refractivity contribution in [2.75, 3.05) is 13.2 Å². The van der Waals surface area contributed by atoms with E-state index in [0.717, 1.165) is 40.4 Å². The zero-order valence-electron chi connectivity index (χ0n) is 17.6. The second-order valence-corrected chi connectivity index (χ2v) is 9.19. The Morgan fingerprint density at radius 2 is 1.87 bits per heavy atom. The molecule has 2 heterocycles. The molecule has 30 heavy (non-hydrogen) atoms. The molecule has 1 aliphatic heterocycles. The molecule has 4 nitrogen and oxygen atoms in total. The fourth-order valence-electron chi connectivity index (χ4n) is 3.65. The molecule has 5 heteroatoms. The highest BCUT2D eigenvalue weighted by Gasteiger charge is 2.16. The van der Waals surface area contributed by atoms with Crippen LogP contribution in [0.5, 0.6) is 0 Å². The molecule has 0 spiro atoms. The van der Waals surface area contributed by atoms with E-state index >= 15 is 0 Å². The van der Waals surface area contributed by atoms with Crippen LogP contribution < -0.4 is 5.32 Å². The molecule has 0 bridgehead atoms. The molecule has 4 rings (SSSR count). The van der Waals surface area contributed by atoms with E-state index < -0.39 is 0 Å². The number of hydrogen-bond donors (Lipinski definition) is 1. The number of carbonyl (C=O) groups excluding carboxylic acids is 1. The fraction of sp³-hybridized carbons (Fsp3) is 0.360. The van der Waals surface area contributed by atoms with Crippen LogP contribution in [0.1, 0.15) is 43.7 Å². The van der Waals surface area contributed by atoms with Crippen molar-refractivity contribution in [2.45, 2.75) is 45.1 Å². The number of esters is 1. The first kappa shape index (κ1) is 20.8. The quantitative estimate of drug-likeness (QED) is 0.517. The number of nitrogens with zero attached hydrogens (tertiary/aromatic N) is 1. The molecule has 1 aliphatic rings. The molecule has 3 aromatic rings. The summed E-state index contributed by atoms with van der Waals surface area (Å²) in [7, 11) is 0. The van der Waals surface area contributed by atoms with Gasteiger partial charge in [0.2, 0.25) is 0 Å². The molecule has 1 aromatic heterocycles. The van der Waals surface area contributed by atoms with Crippen molar-refractivity contribution in [3.8, 4) is 21.0 Å². The highest BCUT2D eigenvalue weighted by Crippen LogP contribution is 2.32. The first-order valence-electron chi connectivity index (χ1n) is 10.6. The summed E-state index contributed by atoms with van der Waals surface area (Å²) in [4.78, 5) is 17.9. The molecule has 0 radical (unpaired) electrons. The minimum Gasteiger partial charge on any atom is -0.464 e. The van der Waals surface area contributed by atoms with E-state index in [9.17, 15) is 4.79 Å². The standard InChI is InChI=1S/C25H28N2O2S/c1-17(2)19-9-11-20(12-10-19)23-15-27-25(30-23)21-7-5-18(6-8-21)14-24(28)29-16-22-4-3-13-26-22/h5-12,15,17,22,26H,3-4,13-14,16H2,1-2H3. The van der Waals surface area contributed by atoms with Gasteiger partial charge in [0.1, 0.15) is 11.6 Å². The van der Waals surface area contributed by atoms with E-state index in [1.165, 1.54) is 11.1 Å². The lowest BCUT2D eigenvalue weighted by atomic mass is 10.0. The Labute approximate surface area is 182 Å². The summed E-state index contributed by atoms with van der Waals surface area (Å²) in [6.45, 7) is 5.90. The SMILES string of the molecule is CC(C)c1ccc(-c2cnc(-c3ccc(CC(=O)OCC4CCCN4)cc3)s2)cc1. The van der Waals surface area contributed by atoms with Gasteiger partial charge in [-0.15, -0.1) is 11.3 Å². The zero-order valence-corrected chi connectivity index (χ0v) is 18.4. The van der Waals surface area contributed by atoms with Gasteiger partial charge in [0, 0.05) is 17.8 Å². The number of nitrogens with one attached hydrogen (secondary N) is 1. The third kappa shape index (κ3) is 5.15. The van der Waals surface area contributed by atoms with Crippen molar-refractivity contribution >= 4 is 17.3 Å². The minimum absolute atomic E-state index is 0.169. The van der Waals surface area contributed by atoms with Gasteiger partial charge < -0.3 is 10.1 Å². The highest BCUT2D eigenvalue weighted by atomic mass is 32.1. The van der Waals surface area contributed by atoms with Crippen LogP contribution in [0, 0.1) is 0 Å². The maximum Gasteiger partial charge on any atom is 0.310 e. The maximum absolute atomic E-state index is 12.1. The molecule has 0 saturated carbocycles. The molecule has 156 valence electrons. The van der Waals surface area contributed by atoms with Crippen LogP contribution in [-0.4, -0.2) is 30.1 Å². The Balaban J connectivity index is 1.36.